The van der Waals surface area contributed by atoms with Crippen LogP contribution in [0.25, 0.3) is 44.2 Å². The Hall–Kier alpha value is -7.16. The number of para-hydroxylation sites is 1. The van der Waals surface area contributed by atoms with Crippen LogP contribution in [0.2, 0.25) is 0 Å². The van der Waals surface area contributed by atoms with Gasteiger partial charge in [-0.3, -0.25) is 0 Å². The molecule has 1 spiro atoms. The third-order valence-electron chi connectivity index (χ3n) is 11.5. The minimum Gasteiger partial charge on any atom is -0.457 e. The Labute approximate surface area is 321 Å². The van der Waals surface area contributed by atoms with E-state index in [-0.39, 0.29) is 0 Å². The lowest BCUT2D eigenvalue weighted by atomic mass is 9.65. The molecule has 1 heterocycles. The summed E-state index contributed by atoms with van der Waals surface area (Å²) in [6, 6.07) is 76.8. The van der Waals surface area contributed by atoms with E-state index in [0.717, 1.165) is 45.3 Å². The molecule has 0 saturated heterocycles. The van der Waals surface area contributed by atoms with E-state index in [1.807, 2.05) is 0 Å². The van der Waals surface area contributed by atoms with Crippen molar-refractivity contribution in [2.75, 3.05) is 4.90 Å². The molecule has 2 nitrogen and oxygen atoms in total. The molecule has 0 aromatic heterocycles. The van der Waals surface area contributed by atoms with Gasteiger partial charge in [0.25, 0.3) is 0 Å². The summed E-state index contributed by atoms with van der Waals surface area (Å²) in [7, 11) is 0. The molecular formula is C53H35NO. The fourth-order valence-corrected chi connectivity index (χ4v) is 9.11. The molecule has 55 heavy (non-hydrogen) atoms. The van der Waals surface area contributed by atoms with Crippen molar-refractivity contribution in [3.8, 4) is 44.9 Å². The fraction of sp³-hybridized carbons (Fsp3) is 0.0189. The highest BCUT2D eigenvalue weighted by Gasteiger charge is 2.51. The molecule has 9 aromatic carbocycles. The monoisotopic (exact) mass is 701 g/mol. The van der Waals surface area contributed by atoms with Crippen LogP contribution in [-0.4, -0.2) is 0 Å². The van der Waals surface area contributed by atoms with Gasteiger partial charge in [-0.1, -0.05) is 164 Å². The maximum Gasteiger partial charge on any atom is 0.132 e. The Morgan fingerprint density at radius 1 is 0.327 bits per heavy atom. The first-order valence-electron chi connectivity index (χ1n) is 18.9. The second-order valence-electron chi connectivity index (χ2n) is 14.5. The molecule has 9 aromatic rings. The fourth-order valence-electron chi connectivity index (χ4n) is 9.11. The first kappa shape index (κ1) is 31.4. The molecule has 0 radical (unpaired) electrons. The summed E-state index contributed by atoms with van der Waals surface area (Å²) in [5.41, 5.74) is 14.7. The summed E-state index contributed by atoms with van der Waals surface area (Å²) >= 11 is 0. The molecule has 1 aliphatic heterocycles. The van der Waals surface area contributed by atoms with E-state index in [4.69, 9.17) is 4.74 Å². The highest BCUT2D eigenvalue weighted by Crippen LogP contribution is 2.63. The Balaban J connectivity index is 1.19. The van der Waals surface area contributed by atoms with Gasteiger partial charge in [0.1, 0.15) is 11.5 Å². The molecule has 2 aliphatic rings. The second kappa shape index (κ2) is 12.5. The first-order valence-corrected chi connectivity index (χ1v) is 18.9. The van der Waals surface area contributed by atoms with Crippen LogP contribution in [0.1, 0.15) is 22.3 Å². The third-order valence-corrected chi connectivity index (χ3v) is 11.5. The maximum atomic E-state index is 6.99. The largest absolute Gasteiger partial charge is 0.457 e. The van der Waals surface area contributed by atoms with E-state index in [1.54, 1.807) is 0 Å². The van der Waals surface area contributed by atoms with Gasteiger partial charge in [0.15, 0.2) is 0 Å². The molecule has 0 atom stereocenters. The van der Waals surface area contributed by atoms with E-state index >= 15 is 0 Å². The van der Waals surface area contributed by atoms with Crippen LogP contribution in [0.3, 0.4) is 0 Å². The number of benzene rings is 9. The molecule has 0 fully saturated rings. The van der Waals surface area contributed by atoms with Gasteiger partial charge in [-0.15, -0.1) is 0 Å². The van der Waals surface area contributed by atoms with E-state index in [0.29, 0.717) is 0 Å². The zero-order valence-corrected chi connectivity index (χ0v) is 30.1. The lowest BCUT2D eigenvalue weighted by Gasteiger charge is -2.40. The number of rotatable bonds is 5. The summed E-state index contributed by atoms with van der Waals surface area (Å²) < 4.78 is 6.99. The average Bonchev–Trinajstić information content (AvgIpc) is 3.55. The molecule has 11 rings (SSSR count). The quantitative estimate of drug-likeness (QED) is 0.177. The smallest absolute Gasteiger partial charge is 0.132 e. The van der Waals surface area contributed by atoms with Crippen LogP contribution in [-0.2, 0) is 5.41 Å². The Morgan fingerprint density at radius 3 is 1.53 bits per heavy atom. The van der Waals surface area contributed by atoms with Gasteiger partial charge >= 0.3 is 0 Å². The third kappa shape index (κ3) is 4.82. The average molecular weight is 702 g/mol. The molecular weight excluding hydrogens is 667 g/mol. The standard InChI is InChI=1S/C53H35NO/c1-3-15-36(16-4-1)37-27-29-41(30-28-37)54(50-26-14-11-21-43(50)38-17-5-2-6-18-38)42-31-32-51-49(35-42)53(48-33-39-19-7-8-20-40(39)34-52(48)55-51)46-24-12-9-22-44(46)45-23-10-13-25-47(45)53/h1-35H. The number of hydrogen-bond donors (Lipinski definition) is 0. The molecule has 0 N–H and O–H groups in total. The van der Waals surface area contributed by atoms with Crippen molar-refractivity contribution in [2.24, 2.45) is 0 Å². The zero-order chi connectivity index (χ0) is 36.3. The van der Waals surface area contributed by atoms with E-state index in [9.17, 15) is 0 Å². The van der Waals surface area contributed by atoms with Gasteiger partial charge in [0.2, 0.25) is 0 Å². The molecule has 0 saturated carbocycles. The molecule has 258 valence electrons. The van der Waals surface area contributed by atoms with Gasteiger partial charge in [-0.2, -0.15) is 0 Å². The highest BCUT2D eigenvalue weighted by molar-refractivity contribution is 5.94. The van der Waals surface area contributed by atoms with Gasteiger partial charge in [0.05, 0.1) is 11.1 Å². The summed E-state index contributed by atoms with van der Waals surface area (Å²) in [5, 5.41) is 2.36. The minimum atomic E-state index is -0.599. The summed E-state index contributed by atoms with van der Waals surface area (Å²) in [6.45, 7) is 0. The number of ether oxygens (including phenoxy) is 1. The molecule has 2 heteroatoms. The van der Waals surface area contributed by atoms with Crippen molar-refractivity contribution in [2.45, 2.75) is 5.41 Å². The van der Waals surface area contributed by atoms with Crippen LogP contribution >= 0.6 is 0 Å². The van der Waals surface area contributed by atoms with Gasteiger partial charge < -0.3 is 9.64 Å². The Bertz CT molecular complexity index is 2850. The van der Waals surface area contributed by atoms with Crippen LogP contribution in [0, 0.1) is 0 Å². The molecule has 0 amide bonds. The van der Waals surface area contributed by atoms with E-state index in [1.165, 1.54) is 49.7 Å². The highest BCUT2D eigenvalue weighted by atomic mass is 16.5. The lowest BCUT2D eigenvalue weighted by Crippen LogP contribution is -2.32. The molecule has 0 unspecified atom stereocenters. The predicted molar refractivity (Wildman–Crippen MR) is 227 cm³/mol. The second-order valence-corrected chi connectivity index (χ2v) is 14.5. The summed E-state index contributed by atoms with van der Waals surface area (Å²) in [6.07, 6.45) is 0. The van der Waals surface area contributed by atoms with E-state index in [2.05, 4.69) is 217 Å². The van der Waals surface area contributed by atoms with Crippen LogP contribution in [0.5, 0.6) is 11.5 Å². The Morgan fingerprint density at radius 2 is 0.836 bits per heavy atom. The topological polar surface area (TPSA) is 12.5 Å². The van der Waals surface area contributed by atoms with Gasteiger partial charge in [-0.05, 0) is 98.2 Å². The van der Waals surface area contributed by atoms with Crippen LogP contribution in [0.4, 0.5) is 17.1 Å². The summed E-state index contributed by atoms with van der Waals surface area (Å²) in [4.78, 5) is 2.41. The van der Waals surface area contributed by atoms with Crippen molar-refractivity contribution >= 4 is 27.8 Å². The van der Waals surface area contributed by atoms with Gasteiger partial charge in [0, 0.05) is 28.1 Å². The lowest BCUT2D eigenvalue weighted by molar-refractivity contribution is 0.437. The van der Waals surface area contributed by atoms with Crippen molar-refractivity contribution in [3.05, 3.63) is 235 Å². The molecule has 1 aliphatic carbocycles. The van der Waals surface area contributed by atoms with Crippen molar-refractivity contribution in [1.29, 1.82) is 0 Å². The zero-order valence-electron chi connectivity index (χ0n) is 30.1. The normalized spacial score (nSPS) is 13.0. The summed E-state index contributed by atoms with van der Waals surface area (Å²) in [5.74, 6) is 1.77. The number of hydrogen-bond acceptors (Lipinski definition) is 2. The van der Waals surface area contributed by atoms with Gasteiger partial charge in [-0.25, -0.2) is 0 Å². The number of fused-ring (bicyclic) bond motifs is 10. The predicted octanol–water partition coefficient (Wildman–Crippen LogP) is 14.1. The van der Waals surface area contributed by atoms with Crippen molar-refractivity contribution in [1.82, 2.24) is 0 Å². The number of anilines is 3. The van der Waals surface area contributed by atoms with E-state index < -0.39 is 5.41 Å². The first-order chi connectivity index (χ1) is 27.3. The van der Waals surface area contributed by atoms with Crippen LogP contribution in [0.15, 0.2) is 212 Å². The van der Waals surface area contributed by atoms with Crippen molar-refractivity contribution < 1.29 is 4.74 Å². The maximum absolute atomic E-state index is 6.99. The number of nitrogens with zero attached hydrogens (tertiary/aromatic N) is 1. The van der Waals surface area contributed by atoms with Crippen LogP contribution < -0.4 is 9.64 Å². The Kier molecular flexibility index (Phi) is 7.11. The van der Waals surface area contributed by atoms with Crippen molar-refractivity contribution in [3.63, 3.8) is 0 Å². The SMILES string of the molecule is c1ccc(-c2ccc(N(c3ccc4c(c3)C3(c5cc6ccccc6cc5O4)c4ccccc4-c4ccccc43)c3ccccc3-c3ccccc3)cc2)cc1. The molecule has 0 bridgehead atoms. The minimum absolute atomic E-state index is 0.599.